The maximum atomic E-state index is 15.0. The molecule has 2 fully saturated rings. The number of β-amino-alcohol motifs (C(OH)–C–C–N with tert-alkyl or cyclic N) is 1. The second kappa shape index (κ2) is 14.1. The van der Waals surface area contributed by atoms with E-state index >= 15 is 0 Å². The number of terminal acetylenes is 1. The Kier molecular flexibility index (Phi) is 9.59. The van der Waals surface area contributed by atoms with E-state index in [9.17, 15) is 18.7 Å². The maximum absolute atomic E-state index is 15.0. The summed E-state index contributed by atoms with van der Waals surface area (Å²) in [6.45, 7) is 7.66. The number of ether oxygens (including phenoxy) is 1. The summed E-state index contributed by atoms with van der Waals surface area (Å²) in [6, 6.07) is 6.91. The van der Waals surface area contributed by atoms with E-state index < -0.39 is 23.6 Å². The second-order valence-electron chi connectivity index (χ2n) is 14.6. The van der Waals surface area contributed by atoms with Crippen LogP contribution in [0.25, 0.3) is 0 Å². The van der Waals surface area contributed by atoms with Gasteiger partial charge >= 0.3 is 6.01 Å². The number of aliphatic hydroxyl groups excluding tert-OH is 1. The van der Waals surface area contributed by atoms with Gasteiger partial charge in [0.25, 0.3) is 0 Å². The summed E-state index contributed by atoms with van der Waals surface area (Å²) in [5.41, 5.74) is 3.70. The number of rotatable bonds is 9. The molecule has 3 aromatic rings. The zero-order valence-electron chi connectivity index (χ0n) is 29.3. The molecule has 1 N–H and O–H groups in total. The molecule has 0 radical (unpaired) electrons. The number of likely N-dealkylation sites (N-methyl/N-ethyl adjacent to an activating group) is 1. The van der Waals surface area contributed by atoms with Gasteiger partial charge in [-0.05, 0) is 62.4 Å². The van der Waals surface area contributed by atoms with Crippen molar-refractivity contribution in [1.82, 2.24) is 19.9 Å². The molecule has 0 bridgehead atoms. The number of pyridine rings is 1. The molecule has 1 aliphatic carbocycles. The van der Waals surface area contributed by atoms with Crippen LogP contribution >= 0.6 is 0 Å². The molecule has 0 saturated carbocycles. The van der Waals surface area contributed by atoms with Crippen LogP contribution in [0.15, 0.2) is 49.3 Å². The number of likely N-dealkylation sites (tertiary alicyclic amines) is 1. The van der Waals surface area contributed by atoms with Crippen LogP contribution in [0.5, 0.6) is 6.01 Å². The summed E-state index contributed by atoms with van der Waals surface area (Å²) in [5.74, 6) is 2.75. The quantitative estimate of drug-likeness (QED) is 0.260. The molecule has 2 aromatic heterocycles. The molecule has 10 nitrogen and oxygen atoms in total. The van der Waals surface area contributed by atoms with Crippen LogP contribution in [0.4, 0.5) is 26.0 Å². The number of hydrogen-bond donors (Lipinski definition) is 1. The fourth-order valence-electron chi connectivity index (χ4n) is 8.61. The molecule has 5 heterocycles. The van der Waals surface area contributed by atoms with E-state index in [1.54, 1.807) is 18.5 Å². The highest BCUT2D eigenvalue weighted by atomic mass is 19.1. The number of nitrogens with zero attached hydrogens (tertiary/aromatic N) is 7. The van der Waals surface area contributed by atoms with Gasteiger partial charge in [-0.25, -0.2) is 8.78 Å². The van der Waals surface area contributed by atoms with Crippen LogP contribution < -0.4 is 19.4 Å². The van der Waals surface area contributed by atoms with Gasteiger partial charge in [0, 0.05) is 88.2 Å². The number of amides is 1. The average Bonchev–Trinajstić information content (AvgIpc) is 3.72. The molecule has 3 aliphatic heterocycles. The van der Waals surface area contributed by atoms with Crippen LogP contribution in [0.3, 0.4) is 0 Å². The largest absolute Gasteiger partial charge is 0.461 e. The molecular formula is C39H45F2N7O3. The third-order valence-electron chi connectivity index (χ3n) is 11.0. The van der Waals surface area contributed by atoms with Gasteiger partial charge in [0.05, 0.1) is 28.6 Å². The van der Waals surface area contributed by atoms with Gasteiger partial charge in [0.1, 0.15) is 24.4 Å². The highest BCUT2D eigenvalue weighted by Crippen LogP contribution is 2.40. The Morgan fingerprint density at radius 1 is 1.22 bits per heavy atom. The third kappa shape index (κ3) is 6.71. The van der Waals surface area contributed by atoms with Gasteiger partial charge in [0.15, 0.2) is 0 Å². The van der Waals surface area contributed by atoms with Crippen LogP contribution in [0.1, 0.15) is 55.0 Å². The lowest BCUT2D eigenvalue weighted by atomic mass is 9.87. The Bertz CT molecular complexity index is 1840. The van der Waals surface area contributed by atoms with Gasteiger partial charge in [-0.2, -0.15) is 9.97 Å². The van der Waals surface area contributed by atoms with Gasteiger partial charge in [-0.15, -0.1) is 6.42 Å². The molecule has 0 unspecified atom stereocenters. The number of carbonyl (C=O) groups excluding carboxylic acids is 1. The molecule has 7 rings (SSSR count). The Labute approximate surface area is 298 Å². The minimum atomic E-state index is -1.02. The molecule has 2 saturated heterocycles. The lowest BCUT2D eigenvalue weighted by Gasteiger charge is -2.42. The standard InChI is InChI=1S/C39H45F2N7O3/c1-5-31-33(41)12-9-25-18-30(49)23-47(36(25)31)28-10-11-32-34(19-28)43-38(44-37(32)45(4)22-29-8-7-17-46(29)35(50)6-2)51-24-39(3)20-26(40)21-48(39)27-13-15-42-16-14-27/h1,6,9,12-16,26,28-30,49H,2,7-8,10-11,17-24H2,3-4H3/t26-,28-,29+,30+,39+/m1/s1. The van der Waals surface area contributed by atoms with E-state index in [1.165, 1.54) is 12.1 Å². The Balaban J connectivity index is 1.21. The number of fused-ring (bicyclic) bond motifs is 2. The summed E-state index contributed by atoms with van der Waals surface area (Å²) in [5, 5.41) is 10.9. The summed E-state index contributed by atoms with van der Waals surface area (Å²) < 4.78 is 36.4. The molecule has 4 aliphatic rings. The molecule has 12 heteroatoms. The normalized spacial score (nSPS) is 25.6. The molecule has 268 valence electrons. The van der Waals surface area contributed by atoms with Crippen LogP contribution in [0.2, 0.25) is 0 Å². The van der Waals surface area contributed by atoms with Crippen molar-refractivity contribution in [3.05, 3.63) is 77.5 Å². The monoisotopic (exact) mass is 697 g/mol. The van der Waals surface area contributed by atoms with Gasteiger partial charge in [-0.3, -0.25) is 9.78 Å². The summed E-state index contributed by atoms with van der Waals surface area (Å²) in [4.78, 5) is 34.7. The zero-order valence-corrected chi connectivity index (χ0v) is 29.3. The minimum Gasteiger partial charge on any atom is -0.461 e. The number of benzene rings is 1. The topological polar surface area (TPSA) is 98.2 Å². The number of anilines is 3. The number of carbonyl (C=O) groups is 1. The van der Waals surface area contributed by atoms with Crippen LogP contribution in [0, 0.1) is 18.2 Å². The first-order valence-corrected chi connectivity index (χ1v) is 17.8. The predicted octanol–water partition coefficient (Wildman–Crippen LogP) is 4.27. The first kappa shape index (κ1) is 34.7. The van der Waals surface area contributed by atoms with Crippen molar-refractivity contribution in [2.24, 2.45) is 0 Å². The fourth-order valence-corrected chi connectivity index (χ4v) is 8.61. The fraction of sp³-hybridized carbons (Fsp3) is 0.487. The van der Waals surface area contributed by atoms with Gasteiger partial charge < -0.3 is 29.4 Å². The van der Waals surface area contributed by atoms with Gasteiger partial charge in [-0.1, -0.05) is 18.6 Å². The first-order chi connectivity index (χ1) is 24.6. The molecule has 0 spiro atoms. The van der Waals surface area contributed by atoms with Crippen molar-refractivity contribution >= 4 is 23.1 Å². The lowest BCUT2D eigenvalue weighted by molar-refractivity contribution is -0.126. The summed E-state index contributed by atoms with van der Waals surface area (Å²) in [6.07, 6.45) is 13.3. The third-order valence-corrected chi connectivity index (χ3v) is 11.0. The number of alkyl halides is 1. The molecular weight excluding hydrogens is 652 g/mol. The minimum absolute atomic E-state index is 0.00282. The Morgan fingerprint density at radius 2 is 2.02 bits per heavy atom. The molecule has 5 atom stereocenters. The maximum Gasteiger partial charge on any atom is 0.318 e. The van der Waals surface area contributed by atoms with E-state index in [0.717, 1.165) is 41.2 Å². The average molecular weight is 698 g/mol. The van der Waals surface area contributed by atoms with Crippen molar-refractivity contribution in [2.45, 2.75) is 81.8 Å². The molecule has 1 aromatic carbocycles. The van der Waals surface area contributed by atoms with Crippen molar-refractivity contribution in [3.8, 4) is 18.4 Å². The number of hydrogen-bond acceptors (Lipinski definition) is 9. The van der Waals surface area contributed by atoms with E-state index in [4.69, 9.17) is 21.1 Å². The number of aliphatic hydroxyl groups is 1. The second-order valence-corrected chi connectivity index (χ2v) is 14.6. The Hall–Kier alpha value is -4.76. The number of halogens is 2. The van der Waals surface area contributed by atoms with Crippen molar-refractivity contribution in [1.29, 1.82) is 0 Å². The van der Waals surface area contributed by atoms with Crippen molar-refractivity contribution < 1.29 is 23.4 Å². The van der Waals surface area contributed by atoms with E-state index in [1.807, 2.05) is 35.9 Å². The van der Waals surface area contributed by atoms with Gasteiger partial charge in [0.2, 0.25) is 5.91 Å². The van der Waals surface area contributed by atoms with E-state index in [-0.39, 0.29) is 49.1 Å². The highest BCUT2D eigenvalue weighted by Gasteiger charge is 2.44. The van der Waals surface area contributed by atoms with Crippen molar-refractivity contribution in [2.75, 3.05) is 54.5 Å². The smallest absolute Gasteiger partial charge is 0.318 e. The summed E-state index contributed by atoms with van der Waals surface area (Å²) >= 11 is 0. The van der Waals surface area contributed by atoms with Crippen molar-refractivity contribution in [3.63, 3.8) is 0 Å². The summed E-state index contributed by atoms with van der Waals surface area (Å²) in [7, 11) is 1.98. The van der Waals surface area contributed by atoms with E-state index in [2.05, 4.69) is 27.3 Å². The van der Waals surface area contributed by atoms with E-state index in [0.29, 0.717) is 51.0 Å². The highest BCUT2D eigenvalue weighted by molar-refractivity contribution is 5.87. The van der Waals surface area contributed by atoms with Crippen LogP contribution in [-0.4, -0.2) is 101 Å². The number of aromatic nitrogens is 3. The first-order valence-electron chi connectivity index (χ1n) is 17.8. The van der Waals surface area contributed by atoms with Crippen LogP contribution in [-0.2, 0) is 24.1 Å². The predicted molar refractivity (Wildman–Crippen MR) is 192 cm³/mol. The molecule has 1 amide bonds. The Morgan fingerprint density at radius 3 is 2.78 bits per heavy atom. The lowest BCUT2D eigenvalue weighted by Crippen LogP contribution is -2.48. The SMILES string of the molecule is C#Cc1c(F)ccc2c1N([C@@H]1CCc3c(nc(OC[C@]4(C)C[C@@H](F)CN4c4ccncc4)nc3N(C)C[C@@H]3CCCN3C(=O)C=C)C1)C[C@@H](O)C2. The molecule has 51 heavy (non-hydrogen) atoms. The zero-order chi connectivity index (χ0) is 35.9.